The highest BCUT2D eigenvalue weighted by Crippen LogP contribution is 2.16. The highest BCUT2D eigenvalue weighted by Gasteiger charge is 2.09. The Morgan fingerprint density at radius 3 is 2.92 bits per heavy atom. The Hall–Kier alpha value is -3.16. The Bertz CT molecular complexity index is 921. The van der Waals surface area contributed by atoms with Gasteiger partial charge in [0.2, 0.25) is 5.95 Å². The van der Waals surface area contributed by atoms with E-state index in [1.54, 1.807) is 19.4 Å². The van der Waals surface area contributed by atoms with E-state index in [0.29, 0.717) is 12.2 Å². The van der Waals surface area contributed by atoms with Crippen LogP contribution in [0, 0.1) is 20.8 Å². The highest BCUT2D eigenvalue weighted by atomic mass is 16.3. The zero-order valence-corrected chi connectivity index (χ0v) is 13.7. The molecule has 0 atom stereocenters. The summed E-state index contributed by atoms with van der Waals surface area (Å²) in [5.74, 6) is 1.09. The van der Waals surface area contributed by atoms with Crippen LogP contribution in [0.1, 0.15) is 28.4 Å². The number of nitrogens with zero attached hydrogens (tertiary/aromatic N) is 4. The number of anilines is 1. The van der Waals surface area contributed by atoms with Gasteiger partial charge in [-0.1, -0.05) is 0 Å². The van der Waals surface area contributed by atoms with Gasteiger partial charge in [0, 0.05) is 17.0 Å². The second-order valence-corrected chi connectivity index (χ2v) is 5.45. The summed E-state index contributed by atoms with van der Waals surface area (Å²) in [5, 5.41) is 11.7. The van der Waals surface area contributed by atoms with Gasteiger partial charge in [-0.3, -0.25) is 9.78 Å². The van der Waals surface area contributed by atoms with Crippen molar-refractivity contribution in [2.45, 2.75) is 27.3 Å². The van der Waals surface area contributed by atoms with E-state index in [-0.39, 0.29) is 11.5 Å². The lowest BCUT2D eigenvalue weighted by Gasteiger charge is -2.07. The van der Waals surface area contributed by atoms with Crippen molar-refractivity contribution < 1.29 is 4.42 Å². The van der Waals surface area contributed by atoms with E-state index in [1.165, 1.54) is 0 Å². The number of aryl methyl sites for hydroxylation is 2. The molecule has 0 saturated heterocycles. The van der Waals surface area contributed by atoms with Crippen molar-refractivity contribution in [3.8, 4) is 0 Å². The molecule has 3 heterocycles. The van der Waals surface area contributed by atoms with Crippen molar-refractivity contribution in [2.75, 3.05) is 5.43 Å². The van der Waals surface area contributed by atoms with E-state index in [2.05, 4.69) is 30.3 Å². The van der Waals surface area contributed by atoms with Gasteiger partial charge in [0.05, 0.1) is 19.0 Å². The molecule has 0 saturated carbocycles. The molecule has 8 nitrogen and oxygen atoms in total. The normalized spacial score (nSPS) is 11.3. The maximum atomic E-state index is 11.5. The number of aromatic nitrogens is 4. The second-order valence-electron chi connectivity index (χ2n) is 5.45. The maximum Gasteiger partial charge on any atom is 0.274 e. The Morgan fingerprint density at radius 2 is 2.21 bits per heavy atom. The molecule has 3 aromatic heterocycles. The molecule has 0 spiro atoms. The van der Waals surface area contributed by atoms with Crippen LogP contribution in [-0.2, 0) is 6.54 Å². The van der Waals surface area contributed by atoms with E-state index in [1.807, 2.05) is 32.0 Å². The van der Waals surface area contributed by atoms with Crippen molar-refractivity contribution in [3.05, 3.63) is 63.2 Å². The molecule has 8 heteroatoms. The third-order valence-electron chi connectivity index (χ3n) is 3.74. The van der Waals surface area contributed by atoms with Crippen LogP contribution in [0.2, 0.25) is 0 Å². The summed E-state index contributed by atoms with van der Waals surface area (Å²) in [6.07, 6.45) is 3.35. The minimum absolute atomic E-state index is 0.200. The minimum atomic E-state index is -0.292. The predicted molar refractivity (Wildman–Crippen MR) is 90.3 cm³/mol. The predicted octanol–water partition coefficient (Wildman–Crippen LogP) is 1.98. The van der Waals surface area contributed by atoms with Crippen LogP contribution >= 0.6 is 0 Å². The number of hydrogen-bond donors (Lipinski definition) is 2. The third kappa shape index (κ3) is 3.27. The fourth-order valence-electron chi connectivity index (χ4n) is 2.37. The van der Waals surface area contributed by atoms with Gasteiger partial charge in [-0.25, -0.2) is 5.43 Å². The van der Waals surface area contributed by atoms with Crippen molar-refractivity contribution >= 4 is 12.2 Å². The molecule has 0 aromatic carbocycles. The van der Waals surface area contributed by atoms with Crippen molar-refractivity contribution in [2.24, 2.45) is 5.10 Å². The van der Waals surface area contributed by atoms with E-state index >= 15 is 0 Å². The first-order valence-electron chi connectivity index (χ1n) is 7.46. The van der Waals surface area contributed by atoms with Gasteiger partial charge in [0.1, 0.15) is 11.5 Å². The van der Waals surface area contributed by atoms with Gasteiger partial charge in [-0.05, 0) is 39.0 Å². The summed E-state index contributed by atoms with van der Waals surface area (Å²) in [4.78, 5) is 14.0. The molecule has 0 amide bonds. The fourth-order valence-corrected chi connectivity index (χ4v) is 2.37. The average Bonchev–Trinajstić information content (AvgIpc) is 3.15. The second kappa shape index (κ2) is 6.53. The standard InChI is InChI=1S/C16H18N6O2/c1-10-7-13(12(3)22(10)9-14-5-4-6-24-14)8-17-20-16-18-15(23)11(2)19-21-16/h4-8H,9H2,1-3H3,(H2,18,20,21,23)/b17-8-. The topological polar surface area (TPSA) is 101 Å². The van der Waals surface area contributed by atoms with E-state index < -0.39 is 0 Å². The molecule has 2 N–H and O–H groups in total. The van der Waals surface area contributed by atoms with Crippen molar-refractivity contribution in [3.63, 3.8) is 0 Å². The molecule has 3 aromatic rings. The molecule has 0 radical (unpaired) electrons. The molecule has 0 aliphatic heterocycles. The van der Waals surface area contributed by atoms with Crippen LogP contribution in [-0.4, -0.2) is 26.0 Å². The average molecular weight is 326 g/mol. The molecule has 3 rings (SSSR count). The monoisotopic (exact) mass is 326 g/mol. The highest BCUT2D eigenvalue weighted by molar-refractivity contribution is 5.82. The van der Waals surface area contributed by atoms with Crippen LogP contribution in [0.15, 0.2) is 38.8 Å². The summed E-state index contributed by atoms with van der Waals surface area (Å²) >= 11 is 0. The number of aromatic amines is 1. The number of hydrazone groups is 1. The number of H-pyrrole nitrogens is 1. The summed E-state index contributed by atoms with van der Waals surface area (Å²) < 4.78 is 7.55. The van der Waals surface area contributed by atoms with Gasteiger partial charge in [-0.2, -0.15) is 5.10 Å². The zero-order chi connectivity index (χ0) is 17.1. The van der Waals surface area contributed by atoms with Crippen molar-refractivity contribution in [1.82, 2.24) is 19.7 Å². The first kappa shape index (κ1) is 15.7. The summed E-state index contributed by atoms with van der Waals surface area (Å²) in [6.45, 7) is 6.31. The zero-order valence-electron chi connectivity index (χ0n) is 13.7. The van der Waals surface area contributed by atoms with Crippen LogP contribution in [0.5, 0.6) is 0 Å². The van der Waals surface area contributed by atoms with Crippen LogP contribution in [0.3, 0.4) is 0 Å². The molecule has 0 unspecified atom stereocenters. The fraction of sp³-hybridized carbons (Fsp3) is 0.250. The Labute approximate surface area is 138 Å². The molecule has 24 heavy (non-hydrogen) atoms. The summed E-state index contributed by atoms with van der Waals surface area (Å²) in [5.41, 5.74) is 5.83. The number of rotatable bonds is 5. The van der Waals surface area contributed by atoms with Crippen LogP contribution in [0.4, 0.5) is 5.95 Å². The smallest absolute Gasteiger partial charge is 0.274 e. The summed E-state index contributed by atoms with van der Waals surface area (Å²) in [7, 11) is 0. The third-order valence-corrected chi connectivity index (χ3v) is 3.74. The van der Waals surface area contributed by atoms with Crippen molar-refractivity contribution in [1.29, 1.82) is 0 Å². The van der Waals surface area contributed by atoms with Gasteiger partial charge in [-0.15, -0.1) is 10.2 Å². The number of nitrogens with one attached hydrogen (secondary N) is 2. The molecule has 124 valence electrons. The van der Waals surface area contributed by atoms with E-state index in [9.17, 15) is 4.79 Å². The Balaban J connectivity index is 1.75. The summed E-state index contributed by atoms with van der Waals surface area (Å²) in [6, 6.07) is 5.85. The molecular weight excluding hydrogens is 308 g/mol. The minimum Gasteiger partial charge on any atom is -0.467 e. The number of hydrogen-bond acceptors (Lipinski definition) is 6. The first-order chi connectivity index (χ1) is 11.5. The van der Waals surface area contributed by atoms with Crippen LogP contribution in [0.25, 0.3) is 0 Å². The van der Waals surface area contributed by atoms with Gasteiger partial charge >= 0.3 is 0 Å². The Morgan fingerprint density at radius 1 is 1.38 bits per heavy atom. The maximum absolute atomic E-state index is 11.5. The van der Waals surface area contributed by atoms with Crippen LogP contribution < -0.4 is 11.0 Å². The lowest BCUT2D eigenvalue weighted by Crippen LogP contribution is -2.15. The van der Waals surface area contributed by atoms with E-state index in [4.69, 9.17) is 4.42 Å². The van der Waals surface area contributed by atoms with Gasteiger partial charge in [0.15, 0.2) is 0 Å². The first-order valence-corrected chi connectivity index (χ1v) is 7.46. The number of furan rings is 1. The SMILES string of the molecule is Cc1nnc(N/N=C\c2cc(C)n(Cc3ccco3)c2C)[nH]c1=O. The Kier molecular flexibility index (Phi) is 4.28. The lowest BCUT2D eigenvalue weighted by molar-refractivity contribution is 0.489. The quantitative estimate of drug-likeness (QED) is 0.551. The van der Waals surface area contributed by atoms with Gasteiger partial charge in [0.25, 0.3) is 5.56 Å². The largest absolute Gasteiger partial charge is 0.467 e. The lowest BCUT2D eigenvalue weighted by atomic mass is 10.3. The molecule has 0 bridgehead atoms. The van der Waals surface area contributed by atoms with E-state index in [0.717, 1.165) is 22.7 Å². The molecule has 0 fully saturated rings. The molecule has 0 aliphatic rings. The molecule has 0 aliphatic carbocycles. The molecular formula is C16H18N6O2. The van der Waals surface area contributed by atoms with Gasteiger partial charge < -0.3 is 8.98 Å².